The minimum absolute atomic E-state index is 0.180. The molecule has 0 aliphatic carbocycles. The molecule has 0 saturated carbocycles. The van der Waals surface area contributed by atoms with E-state index in [1.807, 2.05) is 19.1 Å². The molecule has 32 heavy (non-hydrogen) atoms. The Morgan fingerprint density at radius 3 is 2.31 bits per heavy atom. The maximum atomic E-state index is 12.6. The Kier molecular flexibility index (Phi) is 7.59. The summed E-state index contributed by atoms with van der Waals surface area (Å²) in [5.74, 6) is -2.44. The summed E-state index contributed by atoms with van der Waals surface area (Å²) >= 11 is 12.0. The molecule has 7 nitrogen and oxygen atoms in total. The van der Waals surface area contributed by atoms with Crippen LogP contribution in [0.1, 0.15) is 21.5 Å². The van der Waals surface area contributed by atoms with Crippen LogP contribution in [-0.2, 0) is 9.59 Å². The van der Waals surface area contributed by atoms with Crippen molar-refractivity contribution in [2.45, 2.75) is 6.92 Å². The third kappa shape index (κ3) is 5.94. The topological polar surface area (TPSA) is 99.7 Å². The number of halogens is 2. The molecular formula is C23H18Cl2N4O3. The number of carbonyl (C=O) groups excluding carboxylic acids is 3. The van der Waals surface area contributed by atoms with Crippen LogP contribution < -0.4 is 16.1 Å². The quantitative estimate of drug-likeness (QED) is 0.288. The highest BCUT2D eigenvalue weighted by Crippen LogP contribution is 2.24. The summed E-state index contributed by atoms with van der Waals surface area (Å²) in [6, 6.07) is 18.5. The predicted molar refractivity (Wildman–Crippen MR) is 126 cm³/mol. The number of nitrogens with zero attached hydrogens (tertiary/aromatic N) is 1. The number of carbonyl (C=O) groups is 3. The molecule has 162 valence electrons. The third-order valence-electron chi connectivity index (χ3n) is 4.29. The van der Waals surface area contributed by atoms with Crippen molar-refractivity contribution in [3.8, 4) is 0 Å². The van der Waals surface area contributed by atoms with Gasteiger partial charge in [-0.15, -0.1) is 0 Å². The standard InChI is InChI=1S/C23H18Cl2N4O3/c1-14-9-11-16(12-10-14)27-21(30)17-6-2-3-8-19(17)28-22(31)23(32)29-26-13-15-5-4-7-18(24)20(15)25/h2-13H,1H3,(H,27,30)(H,28,31)(H,29,32). The molecular weight excluding hydrogens is 451 g/mol. The fourth-order valence-electron chi connectivity index (χ4n) is 2.64. The van der Waals surface area contributed by atoms with E-state index in [-0.39, 0.29) is 16.3 Å². The van der Waals surface area contributed by atoms with Crippen LogP contribution in [0.4, 0.5) is 11.4 Å². The zero-order chi connectivity index (χ0) is 23.1. The molecule has 0 aromatic heterocycles. The van der Waals surface area contributed by atoms with Crippen molar-refractivity contribution in [2.24, 2.45) is 5.10 Å². The molecule has 0 aliphatic rings. The Hall–Kier alpha value is -3.68. The minimum atomic E-state index is -1.02. The van der Waals surface area contributed by atoms with Crippen molar-refractivity contribution < 1.29 is 14.4 Å². The van der Waals surface area contributed by atoms with Gasteiger partial charge < -0.3 is 10.6 Å². The van der Waals surface area contributed by atoms with Gasteiger partial charge in [-0.2, -0.15) is 5.10 Å². The van der Waals surface area contributed by atoms with Gasteiger partial charge in [0, 0.05) is 11.3 Å². The summed E-state index contributed by atoms with van der Waals surface area (Å²) in [5.41, 5.74) is 4.62. The molecule has 0 aliphatic heterocycles. The average Bonchev–Trinajstić information content (AvgIpc) is 2.78. The first kappa shape index (κ1) is 23.0. The van der Waals surface area contributed by atoms with Gasteiger partial charge in [-0.3, -0.25) is 14.4 Å². The number of hydrogen-bond donors (Lipinski definition) is 3. The molecule has 0 unspecified atom stereocenters. The highest BCUT2D eigenvalue weighted by molar-refractivity contribution is 6.43. The van der Waals surface area contributed by atoms with Gasteiger partial charge in [0.15, 0.2) is 0 Å². The largest absolute Gasteiger partial charge is 0.329 e. The van der Waals surface area contributed by atoms with Gasteiger partial charge in [-0.05, 0) is 37.3 Å². The van der Waals surface area contributed by atoms with Gasteiger partial charge in [-0.1, -0.05) is 65.2 Å². The Bertz CT molecular complexity index is 1190. The van der Waals surface area contributed by atoms with E-state index in [1.165, 1.54) is 18.3 Å². The van der Waals surface area contributed by atoms with Crippen molar-refractivity contribution in [3.05, 3.63) is 93.5 Å². The van der Waals surface area contributed by atoms with E-state index >= 15 is 0 Å². The smallest absolute Gasteiger partial charge is 0.322 e. The van der Waals surface area contributed by atoms with Crippen LogP contribution in [0, 0.1) is 6.92 Å². The zero-order valence-corrected chi connectivity index (χ0v) is 18.4. The maximum Gasteiger partial charge on any atom is 0.329 e. The second kappa shape index (κ2) is 10.6. The molecule has 0 bridgehead atoms. The average molecular weight is 469 g/mol. The highest BCUT2D eigenvalue weighted by Gasteiger charge is 2.18. The van der Waals surface area contributed by atoms with Crippen LogP contribution in [0.3, 0.4) is 0 Å². The fourth-order valence-corrected chi connectivity index (χ4v) is 2.99. The van der Waals surface area contributed by atoms with Crippen molar-refractivity contribution >= 4 is 58.5 Å². The Morgan fingerprint density at radius 2 is 1.56 bits per heavy atom. The summed E-state index contributed by atoms with van der Waals surface area (Å²) in [5, 5.41) is 9.50. The first-order chi connectivity index (χ1) is 15.3. The molecule has 3 aromatic carbocycles. The van der Waals surface area contributed by atoms with Gasteiger partial charge in [-0.25, -0.2) is 5.43 Å². The summed E-state index contributed by atoms with van der Waals surface area (Å²) in [4.78, 5) is 37.0. The van der Waals surface area contributed by atoms with Crippen molar-refractivity contribution in [1.29, 1.82) is 0 Å². The van der Waals surface area contributed by atoms with Crippen LogP contribution >= 0.6 is 23.2 Å². The molecule has 0 atom stereocenters. The van der Waals surface area contributed by atoms with E-state index in [1.54, 1.807) is 42.5 Å². The Morgan fingerprint density at radius 1 is 0.844 bits per heavy atom. The van der Waals surface area contributed by atoms with Gasteiger partial charge in [0.05, 0.1) is 27.5 Å². The van der Waals surface area contributed by atoms with Gasteiger partial charge in [0.2, 0.25) is 0 Å². The molecule has 0 heterocycles. The maximum absolute atomic E-state index is 12.6. The second-order valence-corrected chi connectivity index (χ2v) is 7.45. The number of anilines is 2. The summed E-state index contributed by atoms with van der Waals surface area (Å²) in [6.07, 6.45) is 1.27. The number of para-hydroxylation sites is 1. The molecule has 0 saturated heterocycles. The van der Waals surface area contributed by atoms with Crippen molar-refractivity contribution in [3.63, 3.8) is 0 Å². The number of nitrogens with one attached hydrogen (secondary N) is 3. The summed E-state index contributed by atoms with van der Waals surface area (Å²) < 4.78 is 0. The molecule has 3 rings (SSSR count). The highest BCUT2D eigenvalue weighted by atomic mass is 35.5. The van der Waals surface area contributed by atoms with E-state index in [2.05, 4.69) is 21.2 Å². The minimum Gasteiger partial charge on any atom is -0.322 e. The predicted octanol–water partition coefficient (Wildman–Crippen LogP) is 4.64. The third-order valence-corrected chi connectivity index (χ3v) is 5.12. The zero-order valence-electron chi connectivity index (χ0n) is 16.9. The molecule has 0 spiro atoms. The monoisotopic (exact) mass is 468 g/mol. The Labute approximate surface area is 194 Å². The molecule has 0 radical (unpaired) electrons. The van der Waals surface area contributed by atoms with Gasteiger partial charge >= 0.3 is 11.8 Å². The van der Waals surface area contributed by atoms with Crippen LogP contribution in [0.5, 0.6) is 0 Å². The van der Waals surface area contributed by atoms with E-state index in [4.69, 9.17) is 23.2 Å². The molecule has 3 amide bonds. The first-order valence-corrected chi connectivity index (χ1v) is 10.2. The number of hydrazone groups is 1. The number of aryl methyl sites for hydroxylation is 1. The lowest BCUT2D eigenvalue weighted by molar-refractivity contribution is -0.136. The molecule has 9 heteroatoms. The van der Waals surface area contributed by atoms with Crippen LogP contribution in [-0.4, -0.2) is 23.9 Å². The number of rotatable bonds is 5. The molecule has 0 fully saturated rings. The molecule has 3 aromatic rings. The number of benzene rings is 3. The van der Waals surface area contributed by atoms with Crippen LogP contribution in [0.2, 0.25) is 10.0 Å². The van der Waals surface area contributed by atoms with E-state index in [0.717, 1.165) is 5.56 Å². The SMILES string of the molecule is Cc1ccc(NC(=O)c2ccccc2NC(=O)C(=O)NN=Cc2cccc(Cl)c2Cl)cc1. The lowest BCUT2D eigenvalue weighted by Crippen LogP contribution is -2.33. The van der Waals surface area contributed by atoms with Gasteiger partial charge in [0.1, 0.15) is 0 Å². The van der Waals surface area contributed by atoms with Crippen molar-refractivity contribution in [1.82, 2.24) is 5.43 Å². The van der Waals surface area contributed by atoms with Crippen LogP contribution in [0.25, 0.3) is 0 Å². The van der Waals surface area contributed by atoms with E-state index < -0.39 is 17.7 Å². The van der Waals surface area contributed by atoms with Crippen LogP contribution in [0.15, 0.2) is 71.8 Å². The van der Waals surface area contributed by atoms with E-state index in [0.29, 0.717) is 16.3 Å². The molecule has 3 N–H and O–H groups in total. The fraction of sp³-hybridized carbons (Fsp3) is 0.0435. The lowest BCUT2D eigenvalue weighted by atomic mass is 10.1. The number of amides is 3. The van der Waals surface area contributed by atoms with Crippen molar-refractivity contribution in [2.75, 3.05) is 10.6 Å². The van der Waals surface area contributed by atoms with E-state index in [9.17, 15) is 14.4 Å². The summed E-state index contributed by atoms with van der Waals surface area (Å²) in [7, 11) is 0. The summed E-state index contributed by atoms with van der Waals surface area (Å²) in [6.45, 7) is 1.94. The lowest BCUT2D eigenvalue weighted by Gasteiger charge is -2.11. The first-order valence-electron chi connectivity index (χ1n) is 9.40. The number of hydrogen-bond acceptors (Lipinski definition) is 4. The second-order valence-electron chi connectivity index (χ2n) is 6.66. The normalized spacial score (nSPS) is 10.6. The van der Waals surface area contributed by atoms with Gasteiger partial charge in [0.25, 0.3) is 5.91 Å². The Balaban J connectivity index is 1.65.